The molecule has 108 valence electrons. The Bertz CT molecular complexity index is 400. The fourth-order valence-electron chi connectivity index (χ4n) is 2.75. The van der Waals surface area contributed by atoms with Gasteiger partial charge in [0.1, 0.15) is 0 Å². The zero-order valence-corrected chi connectivity index (χ0v) is 11.1. The van der Waals surface area contributed by atoms with Crippen LogP contribution in [0.4, 0.5) is 13.2 Å². The Hall–Kier alpha value is -1.04. The van der Waals surface area contributed by atoms with Crippen molar-refractivity contribution in [3.8, 4) is 0 Å². The van der Waals surface area contributed by atoms with Gasteiger partial charge >= 0.3 is 6.18 Å². The molecule has 0 amide bonds. The van der Waals surface area contributed by atoms with Crippen LogP contribution in [0, 0.1) is 5.92 Å². The summed E-state index contributed by atoms with van der Waals surface area (Å²) in [5, 5.41) is 7.28. The van der Waals surface area contributed by atoms with E-state index in [4.69, 9.17) is 0 Å². The van der Waals surface area contributed by atoms with E-state index in [1.54, 1.807) is 4.68 Å². The van der Waals surface area contributed by atoms with Crippen LogP contribution in [0.5, 0.6) is 0 Å². The van der Waals surface area contributed by atoms with E-state index in [0.29, 0.717) is 25.8 Å². The molecule has 1 aliphatic rings. The third-order valence-electron chi connectivity index (χ3n) is 3.74. The monoisotopic (exact) mass is 275 g/mol. The van der Waals surface area contributed by atoms with Gasteiger partial charge in [0.05, 0.1) is 11.6 Å². The van der Waals surface area contributed by atoms with Crippen LogP contribution in [0.25, 0.3) is 0 Å². The molecule has 3 nitrogen and oxygen atoms in total. The maximum atomic E-state index is 12.9. The molecule has 1 aliphatic carbocycles. The normalized spacial score (nSPS) is 24.6. The van der Waals surface area contributed by atoms with Gasteiger partial charge in [-0.3, -0.25) is 4.68 Å². The molecule has 1 N–H and O–H groups in total. The number of hydrogen-bond acceptors (Lipinski definition) is 2. The second-order valence-corrected chi connectivity index (χ2v) is 5.22. The van der Waals surface area contributed by atoms with Crippen molar-refractivity contribution in [2.75, 3.05) is 6.54 Å². The lowest BCUT2D eigenvalue weighted by Crippen LogP contribution is -2.46. The molecule has 1 heterocycles. The number of aryl methyl sites for hydroxylation is 1. The summed E-state index contributed by atoms with van der Waals surface area (Å²) in [6.07, 6.45) is 0.868. The summed E-state index contributed by atoms with van der Waals surface area (Å²) < 4.78 is 40.4. The van der Waals surface area contributed by atoms with Crippen LogP contribution in [-0.2, 0) is 13.5 Å². The topological polar surface area (TPSA) is 29.9 Å². The summed E-state index contributed by atoms with van der Waals surface area (Å²) in [5.41, 5.74) is 0.911. The molecule has 1 fully saturated rings. The van der Waals surface area contributed by atoms with Crippen LogP contribution >= 0.6 is 0 Å². The Kier molecular flexibility index (Phi) is 4.50. The SMILES string of the molecule is Cn1ccc(CCNC2CCCCC2C(F)(F)F)n1. The second kappa shape index (κ2) is 5.94. The number of nitrogens with one attached hydrogen (secondary N) is 1. The van der Waals surface area contributed by atoms with E-state index in [1.807, 2.05) is 19.3 Å². The van der Waals surface area contributed by atoms with Crippen molar-refractivity contribution in [2.24, 2.45) is 13.0 Å². The summed E-state index contributed by atoms with van der Waals surface area (Å²) in [5.74, 6) is -1.19. The van der Waals surface area contributed by atoms with Crippen LogP contribution in [0.15, 0.2) is 12.3 Å². The molecular weight excluding hydrogens is 255 g/mol. The summed E-state index contributed by atoms with van der Waals surface area (Å²) >= 11 is 0. The van der Waals surface area contributed by atoms with Gasteiger partial charge < -0.3 is 5.32 Å². The summed E-state index contributed by atoms with van der Waals surface area (Å²) in [6.45, 7) is 0.550. The third-order valence-corrected chi connectivity index (χ3v) is 3.74. The molecule has 0 radical (unpaired) electrons. The van der Waals surface area contributed by atoms with E-state index >= 15 is 0 Å². The highest BCUT2D eigenvalue weighted by molar-refractivity contribution is 4.99. The summed E-state index contributed by atoms with van der Waals surface area (Å²) in [7, 11) is 1.83. The molecule has 19 heavy (non-hydrogen) atoms. The maximum absolute atomic E-state index is 12.9. The zero-order chi connectivity index (χ0) is 13.9. The Morgan fingerprint density at radius 1 is 1.37 bits per heavy atom. The van der Waals surface area contributed by atoms with E-state index in [2.05, 4.69) is 10.4 Å². The van der Waals surface area contributed by atoms with Crippen molar-refractivity contribution >= 4 is 0 Å². The van der Waals surface area contributed by atoms with E-state index in [-0.39, 0.29) is 6.42 Å². The van der Waals surface area contributed by atoms with Gasteiger partial charge in [-0.05, 0) is 18.9 Å². The van der Waals surface area contributed by atoms with Crippen LogP contribution in [0.3, 0.4) is 0 Å². The smallest absolute Gasteiger partial charge is 0.313 e. The quantitative estimate of drug-likeness (QED) is 0.915. The average Bonchev–Trinajstić information content (AvgIpc) is 2.74. The third kappa shape index (κ3) is 3.96. The minimum absolute atomic E-state index is 0.255. The van der Waals surface area contributed by atoms with Crippen molar-refractivity contribution in [1.29, 1.82) is 0 Å². The molecule has 0 spiro atoms. The van der Waals surface area contributed by atoms with Gasteiger partial charge in [0.25, 0.3) is 0 Å². The standard InChI is InChI=1S/C13H20F3N3/c1-19-9-7-10(18-19)6-8-17-12-5-3-2-4-11(12)13(14,15)16/h7,9,11-12,17H,2-6,8H2,1H3. The van der Waals surface area contributed by atoms with Gasteiger partial charge in [0, 0.05) is 32.3 Å². The van der Waals surface area contributed by atoms with Crippen LogP contribution in [-0.4, -0.2) is 28.5 Å². The lowest BCUT2D eigenvalue weighted by Gasteiger charge is -2.33. The molecule has 1 saturated carbocycles. The van der Waals surface area contributed by atoms with Gasteiger partial charge in [0.2, 0.25) is 0 Å². The second-order valence-electron chi connectivity index (χ2n) is 5.22. The number of hydrogen-bond donors (Lipinski definition) is 1. The maximum Gasteiger partial charge on any atom is 0.393 e. The van der Waals surface area contributed by atoms with Crippen molar-refractivity contribution in [3.05, 3.63) is 18.0 Å². The molecule has 2 unspecified atom stereocenters. The largest absolute Gasteiger partial charge is 0.393 e. The highest BCUT2D eigenvalue weighted by Crippen LogP contribution is 2.37. The number of halogens is 3. The number of nitrogens with zero attached hydrogens (tertiary/aromatic N) is 2. The first-order valence-corrected chi connectivity index (χ1v) is 6.75. The van der Waals surface area contributed by atoms with Gasteiger partial charge in [-0.15, -0.1) is 0 Å². The van der Waals surface area contributed by atoms with Gasteiger partial charge in [-0.2, -0.15) is 18.3 Å². The Morgan fingerprint density at radius 2 is 2.11 bits per heavy atom. The molecule has 1 aromatic rings. The predicted molar refractivity (Wildman–Crippen MR) is 66.7 cm³/mol. The van der Waals surface area contributed by atoms with Crippen molar-refractivity contribution < 1.29 is 13.2 Å². The van der Waals surface area contributed by atoms with Crippen LogP contribution in [0.1, 0.15) is 31.4 Å². The Balaban J connectivity index is 1.83. The lowest BCUT2D eigenvalue weighted by molar-refractivity contribution is -0.188. The predicted octanol–water partition coefficient (Wildman–Crippen LogP) is 2.67. The van der Waals surface area contributed by atoms with E-state index in [0.717, 1.165) is 12.1 Å². The molecular formula is C13H20F3N3. The highest BCUT2D eigenvalue weighted by Gasteiger charge is 2.45. The fraction of sp³-hybridized carbons (Fsp3) is 0.769. The first-order valence-electron chi connectivity index (χ1n) is 6.75. The first-order chi connectivity index (χ1) is 8.97. The van der Waals surface area contributed by atoms with Gasteiger partial charge in [0.15, 0.2) is 0 Å². The van der Waals surface area contributed by atoms with E-state index in [9.17, 15) is 13.2 Å². The molecule has 2 rings (SSSR count). The molecule has 0 aromatic carbocycles. The molecule has 0 bridgehead atoms. The number of rotatable bonds is 4. The van der Waals surface area contributed by atoms with E-state index < -0.39 is 18.1 Å². The molecule has 2 atom stereocenters. The van der Waals surface area contributed by atoms with Crippen molar-refractivity contribution in [3.63, 3.8) is 0 Å². The highest BCUT2D eigenvalue weighted by atomic mass is 19.4. The van der Waals surface area contributed by atoms with Crippen LogP contribution in [0.2, 0.25) is 0 Å². The number of aromatic nitrogens is 2. The minimum Gasteiger partial charge on any atom is -0.313 e. The summed E-state index contributed by atoms with van der Waals surface area (Å²) in [4.78, 5) is 0. The average molecular weight is 275 g/mol. The first kappa shape index (κ1) is 14.4. The van der Waals surface area contributed by atoms with E-state index in [1.165, 1.54) is 0 Å². The summed E-state index contributed by atoms with van der Waals surface area (Å²) in [6, 6.07) is 1.46. The fourth-order valence-corrected chi connectivity index (χ4v) is 2.75. The van der Waals surface area contributed by atoms with Crippen molar-refractivity contribution in [2.45, 2.75) is 44.3 Å². The van der Waals surface area contributed by atoms with Crippen LogP contribution < -0.4 is 5.32 Å². The molecule has 0 aliphatic heterocycles. The minimum atomic E-state index is -4.08. The zero-order valence-electron chi connectivity index (χ0n) is 11.1. The Morgan fingerprint density at radius 3 is 2.74 bits per heavy atom. The lowest BCUT2D eigenvalue weighted by atomic mass is 9.84. The Labute approximate surface area is 111 Å². The number of alkyl halides is 3. The van der Waals surface area contributed by atoms with Gasteiger partial charge in [-0.1, -0.05) is 12.8 Å². The molecule has 0 saturated heterocycles. The van der Waals surface area contributed by atoms with Crippen molar-refractivity contribution in [1.82, 2.24) is 15.1 Å². The molecule has 6 heteroatoms. The van der Waals surface area contributed by atoms with Gasteiger partial charge in [-0.25, -0.2) is 0 Å². The molecule has 1 aromatic heterocycles.